The Balaban J connectivity index is 1.67. The SMILES string of the molecule is COc1ccc(C2CCOCC2)c2ncc(N3CCC(C)(CO)CC3)nc12. The zero-order valence-electron chi connectivity index (χ0n) is 16.3. The largest absolute Gasteiger partial charge is 0.494 e. The van der Waals surface area contributed by atoms with Crippen molar-refractivity contribution >= 4 is 16.9 Å². The van der Waals surface area contributed by atoms with Crippen LogP contribution in [0.25, 0.3) is 11.0 Å². The second kappa shape index (κ2) is 7.60. The summed E-state index contributed by atoms with van der Waals surface area (Å²) in [6.45, 7) is 5.78. The minimum absolute atomic E-state index is 0.0225. The van der Waals surface area contributed by atoms with Gasteiger partial charge in [-0.15, -0.1) is 0 Å². The summed E-state index contributed by atoms with van der Waals surface area (Å²) in [6.07, 6.45) is 5.87. The molecule has 2 fully saturated rings. The van der Waals surface area contributed by atoms with Crippen LogP contribution in [0.5, 0.6) is 5.75 Å². The van der Waals surface area contributed by atoms with Crippen LogP contribution in [0.15, 0.2) is 18.3 Å². The van der Waals surface area contributed by atoms with E-state index in [4.69, 9.17) is 19.4 Å². The lowest BCUT2D eigenvalue weighted by molar-refractivity contribution is 0.0855. The van der Waals surface area contributed by atoms with Crippen LogP contribution in [0.4, 0.5) is 5.82 Å². The fourth-order valence-corrected chi connectivity index (χ4v) is 4.18. The average Bonchev–Trinajstić information content (AvgIpc) is 2.73. The smallest absolute Gasteiger partial charge is 0.148 e. The van der Waals surface area contributed by atoms with Crippen molar-refractivity contribution < 1.29 is 14.6 Å². The molecule has 0 bridgehead atoms. The molecule has 0 amide bonds. The van der Waals surface area contributed by atoms with Crippen molar-refractivity contribution in [2.24, 2.45) is 5.41 Å². The number of benzene rings is 1. The molecule has 2 aromatic rings. The number of fused-ring (bicyclic) bond motifs is 1. The van der Waals surface area contributed by atoms with Gasteiger partial charge < -0.3 is 19.5 Å². The summed E-state index contributed by atoms with van der Waals surface area (Å²) in [5, 5.41) is 9.60. The summed E-state index contributed by atoms with van der Waals surface area (Å²) in [5.74, 6) is 2.13. The maximum atomic E-state index is 9.60. The van der Waals surface area contributed by atoms with E-state index < -0.39 is 0 Å². The number of nitrogens with zero attached hydrogens (tertiary/aromatic N) is 3. The number of piperidine rings is 1. The Labute approximate surface area is 160 Å². The highest BCUT2D eigenvalue weighted by Crippen LogP contribution is 2.36. The van der Waals surface area contributed by atoms with E-state index in [1.54, 1.807) is 7.11 Å². The molecule has 0 saturated carbocycles. The van der Waals surface area contributed by atoms with Crippen LogP contribution >= 0.6 is 0 Å². The average molecular weight is 371 g/mol. The number of hydrogen-bond donors (Lipinski definition) is 1. The van der Waals surface area contributed by atoms with Gasteiger partial charge in [-0.25, -0.2) is 4.98 Å². The molecular formula is C21H29N3O3. The summed E-state index contributed by atoms with van der Waals surface area (Å²) in [5.41, 5.74) is 3.06. The molecule has 1 N–H and O–H groups in total. The number of anilines is 1. The van der Waals surface area contributed by atoms with Gasteiger partial charge in [0, 0.05) is 32.9 Å². The van der Waals surface area contributed by atoms with Crippen LogP contribution < -0.4 is 9.64 Å². The molecule has 3 heterocycles. The molecule has 1 aromatic heterocycles. The summed E-state index contributed by atoms with van der Waals surface area (Å²) in [7, 11) is 1.69. The van der Waals surface area contributed by atoms with E-state index in [2.05, 4.69) is 17.9 Å². The minimum Gasteiger partial charge on any atom is -0.494 e. The number of ether oxygens (including phenoxy) is 2. The van der Waals surface area contributed by atoms with Gasteiger partial charge in [0.15, 0.2) is 0 Å². The topological polar surface area (TPSA) is 67.7 Å². The fraction of sp³-hybridized carbons (Fsp3) is 0.619. The third-order valence-corrected chi connectivity index (χ3v) is 6.24. The molecule has 0 radical (unpaired) electrons. The third kappa shape index (κ3) is 3.60. The van der Waals surface area contributed by atoms with Crippen molar-refractivity contribution in [3.8, 4) is 5.75 Å². The number of rotatable bonds is 4. The monoisotopic (exact) mass is 371 g/mol. The quantitative estimate of drug-likeness (QED) is 0.891. The predicted molar refractivity (Wildman–Crippen MR) is 106 cm³/mol. The van der Waals surface area contributed by atoms with Crippen molar-refractivity contribution in [2.75, 3.05) is 44.9 Å². The fourth-order valence-electron chi connectivity index (χ4n) is 4.18. The van der Waals surface area contributed by atoms with Crippen LogP contribution in [-0.2, 0) is 4.74 Å². The number of aliphatic hydroxyl groups excluding tert-OH is 1. The Hall–Kier alpha value is -1.92. The minimum atomic E-state index is 0.0225. The molecular weight excluding hydrogens is 342 g/mol. The lowest BCUT2D eigenvalue weighted by atomic mass is 9.81. The van der Waals surface area contributed by atoms with Gasteiger partial charge in [0.1, 0.15) is 17.1 Å². The predicted octanol–water partition coefficient (Wildman–Crippen LogP) is 3.13. The maximum Gasteiger partial charge on any atom is 0.148 e. The maximum absolute atomic E-state index is 9.60. The van der Waals surface area contributed by atoms with Crippen molar-refractivity contribution in [1.29, 1.82) is 0 Å². The van der Waals surface area contributed by atoms with Gasteiger partial charge in [0.2, 0.25) is 0 Å². The normalized spacial score (nSPS) is 20.8. The van der Waals surface area contributed by atoms with Gasteiger partial charge in [0.25, 0.3) is 0 Å². The Morgan fingerprint density at radius 1 is 1.22 bits per heavy atom. The van der Waals surface area contributed by atoms with E-state index in [9.17, 15) is 5.11 Å². The third-order valence-electron chi connectivity index (χ3n) is 6.24. The van der Waals surface area contributed by atoms with Crippen LogP contribution in [-0.4, -0.2) is 55.1 Å². The molecule has 6 nitrogen and oxygen atoms in total. The van der Waals surface area contributed by atoms with Gasteiger partial charge in [-0.3, -0.25) is 4.98 Å². The second-order valence-electron chi connectivity index (χ2n) is 8.12. The van der Waals surface area contributed by atoms with Crippen LogP contribution in [0.2, 0.25) is 0 Å². The first-order valence-electron chi connectivity index (χ1n) is 9.91. The first-order valence-corrected chi connectivity index (χ1v) is 9.91. The van der Waals surface area contributed by atoms with Crippen molar-refractivity contribution in [1.82, 2.24) is 9.97 Å². The second-order valence-corrected chi connectivity index (χ2v) is 8.12. The zero-order valence-corrected chi connectivity index (χ0v) is 16.3. The lowest BCUT2D eigenvalue weighted by Gasteiger charge is -2.38. The molecule has 2 aliphatic rings. The summed E-state index contributed by atoms with van der Waals surface area (Å²) in [4.78, 5) is 12.0. The summed E-state index contributed by atoms with van der Waals surface area (Å²) < 4.78 is 11.1. The zero-order chi connectivity index (χ0) is 18.9. The van der Waals surface area contributed by atoms with Crippen LogP contribution in [0, 0.1) is 5.41 Å². The number of aromatic nitrogens is 2. The van der Waals surface area contributed by atoms with Gasteiger partial charge in [-0.2, -0.15) is 0 Å². The number of methoxy groups -OCH3 is 1. The van der Waals surface area contributed by atoms with Crippen molar-refractivity contribution in [3.05, 3.63) is 23.9 Å². The Morgan fingerprint density at radius 2 is 1.96 bits per heavy atom. The molecule has 1 aromatic carbocycles. The molecule has 27 heavy (non-hydrogen) atoms. The van der Waals surface area contributed by atoms with Gasteiger partial charge in [-0.05, 0) is 48.6 Å². The molecule has 4 rings (SSSR count). The number of aliphatic hydroxyl groups is 1. The van der Waals surface area contributed by atoms with E-state index in [-0.39, 0.29) is 12.0 Å². The first kappa shape index (κ1) is 18.4. The number of hydrogen-bond acceptors (Lipinski definition) is 6. The molecule has 2 aliphatic heterocycles. The van der Waals surface area contributed by atoms with Gasteiger partial charge in [-0.1, -0.05) is 13.0 Å². The summed E-state index contributed by atoms with van der Waals surface area (Å²) >= 11 is 0. The van der Waals surface area contributed by atoms with E-state index in [1.165, 1.54) is 5.56 Å². The van der Waals surface area contributed by atoms with E-state index in [0.29, 0.717) is 5.92 Å². The van der Waals surface area contributed by atoms with Gasteiger partial charge in [0.05, 0.1) is 18.8 Å². The van der Waals surface area contributed by atoms with E-state index in [1.807, 2.05) is 12.3 Å². The molecule has 2 saturated heterocycles. The highest BCUT2D eigenvalue weighted by atomic mass is 16.5. The van der Waals surface area contributed by atoms with E-state index in [0.717, 1.165) is 74.6 Å². The van der Waals surface area contributed by atoms with Crippen molar-refractivity contribution in [2.45, 2.75) is 38.5 Å². The molecule has 146 valence electrons. The van der Waals surface area contributed by atoms with E-state index >= 15 is 0 Å². The van der Waals surface area contributed by atoms with Crippen molar-refractivity contribution in [3.63, 3.8) is 0 Å². The van der Waals surface area contributed by atoms with Crippen LogP contribution in [0.3, 0.4) is 0 Å². The molecule has 0 atom stereocenters. The Kier molecular flexibility index (Phi) is 5.19. The molecule has 0 aliphatic carbocycles. The highest BCUT2D eigenvalue weighted by molar-refractivity contribution is 5.85. The molecule has 0 unspecified atom stereocenters. The molecule has 6 heteroatoms. The molecule has 0 spiro atoms. The summed E-state index contributed by atoms with van der Waals surface area (Å²) in [6, 6.07) is 4.16. The Bertz CT molecular complexity index is 797. The van der Waals surface area contributed by atoms with Crippen LogP contribution in [0.1, 0.15) is 44.1 Å². The lowest BCUT2D eigenvalue weighted by Crippen LogP contribution is -2.40. The standard InChI is InChI=1S/C21H29N3O3/c1-21(14-25)7-9-24(10-8-21)18-13-22-19-16(15-5-11-27-12-6-15)3-4-17(26-2)20(19)23-18/h3-4,13,15,25H,5-12,14H2,1-2H3. The van der Waals surface area contributed by atoms with Gasteiger partial charge >= 0.3 is 0 Å². The Morgan fingerprint density at radius 3 is 2.63 bits per heavy atom. The highest BCUT2D eigenvalue weighted by Gasteiger charge is 2.30. The first-order chi connectivity index (χ1) is 13.1.